The van der Waals surface area contributed by atoms with Crippen LogP contribution in [0.2, 0.25) is 0 Å². The topological polar surface area (TPSA) is 50.9 Å². The van der Waals surface area contributed by atoms with Crippen molar-refractivity contribution in [1.29, 1.82) is 0 Å². The minimum atomic E-state index is -0.159. The quantitative estimate of drug-likeness (QED) is 0.154. The van der Waals surface area contributed by atoms with Crippen LogP contribution in [0.25, 0.3) is 95.0 Å². The number of nitrogens with zero attached hydrogens (tertiary/aromatic N) is 3. The van der Waals surface area contributed by atoms with Crippen LogP contribution in [0.3, 0.4) is 0 Å². The Balaban J connectivity index is 0.00000562. The molecule has 0 bridgehead atoms. The molecule has 0 aliphatic carbocycles. The normalized spacial score (nSPS) is 11.7. The fourth-order valence-corrected chi connectivity index (χ4v) is 8.86. The molecule has 10 rings (SSSR count). The SMILES string of the molecule is CC(C)(C)c1ccc(O)c(-c2nc3c(-c4[c-]c(-c5cc(-c6ccc(-c7ccccc7)cc6)ccn5)cc(-c5ccccc5)c4)cccc3n2-c2ccc(C(C)(C)C)cc2-c2ccccc2)c1.[Pt]. The number of hydrogen-bond acceptors (Lipinski definition) is 3. The van der Waals surface area contributed by atoms with Crippen LogP contribution < -0.4 is 0 Å². The van der Waals surface area contributed by atoms with Gasteiger partial charge in [0.2, 0.25) is 0 Å². The summed E-state index contributed by atoms with van der Waals surface area (Å²) in [5, 5.41) is 11.8. The Morgan fingerprint density at radius 1 is 0.448 bits per heavy atom. The predicted molar refractivity (Wildman–Crippen MR) is 275 cm³/mol. The van der Waals surface area contributed by atoms with E-state index < -0.39 is 0 Å². The Kier molecular flexibility index (Phi) is 12.3. The van der Waals surface area contributed by atoms with Gasteiger partial charge in [-0.15, -0.1) is 23.8 Å². The number of fused-ring (bicyclic) bond motifs is 1. The number of para-hydroxylation sites is 1. The largest absolute Gasteiger partial charge is 0.507 e. The van der Waals surface area contributed by atoms with Gasteiger partial charge < -0.3 is 5.11 Å². The van der Waals surface area contributed by atoms with Crippen molar-refractivity contribution in [3.63, 3.8) is 0 Å². The van der Waals surface area contributed by atoms with Crippen molar-refractivity contribution in [3.8, 4) is 89.7 Å². The standard InChI is InChI=1S/C62H52N3O.Pt/c1-61(2,3)50-29-31-56(53(39-50)45-21-14-9-15-22-45)65-57-24-16-23-52(59(57)64-60(65)54-40-51(62(4,5)6)30-32-58(54)66)48-35-47(42-19-12-8-13-20-42)36-49(37-48)55-38-46(33-34-63-55)44-27-25-43(26-28-44)41-17-10-7-11-18-41;/h7-36,38-40,66H,1-6H3;/q-1;. The van der Waals surface area contributed by atoms with Gasteiger partial charge in [-0.2, -0.15) is 0 Å². The van der Waals surface area contributed by atoms with Crippen molar-refractivity contribution in [2.45, 2.75) is 52.4 Å². The summed E-state index contributed by atoms with van der Waals surface area (Å²) in [6, 6.07) is 71.8. The summed E-state index contributed by atoms with van der Waals surface area (Å²) in [6.07, 6.45) is 1.89. The summed E-state index contributed by atoms with van der Waals surface area (Å²) in [5.41, 5.74) is 17.9. The van der Waals surface area contributed by atoms with Crippen molar-refractivity contribution in [1.82, 2.24) is 14.5 Å². The molecule has 0 unspecified atom stereocenters. The summed E-state index contributed by atoms with van der Waals surface area (Å²) in [4.78, 5) is 10.5. The molecule has 1 N–H and O–H groups in total. The zero-order chi connectivity index (χ0) is 45.6. The first-order valence-corrected chi connectivity index (χ1v) is 22.7. The third-order valence-corrected chi connectivity index (χ3v) is 12.6. The van der Waals surface area contributed by atoms with E-state index in [1.54, 1.807) is 0 Å². The van der Waals surface area contributed by atoms with E-state index in [0.717, 1.165) is 78.0 Å². The monoisotopic (exact) mass is 1050 g/mol. The number of imidazole rings is 1. The Hall–Kier alpha value is -7.13. The molecule has 0 aliphatic rings. The number of phenols is 1. The van der Waals surface area contributed by atoms with Crippen LogP contribution in [-0.4, -0.2) is 19.6 Å². The van der Waals surface area contributed by atoms with Crippen molar-refractivity contribution in [2.75, 3.05) is 0 Å². The summed E-state index contributed by atoms with van der Waals surface area (Å²) >= 11 is 0. The third kappa shape index (κ3) is 9.07. The van der Waals surface area contributed by atoms with Crippen LogP contribution in [0.4, 0.5) is 0 Å². The van der Waals surface area contributed by atoms with E-state index in [4.69, 9.17) is 9.97 Å². The smallest absolute Gasteiger partial charge is 0.148 e. The van der Waals surface area contributed by atoms with Crippen LogP contribution in [-0.2, 0) is 31.9 Å². The second kappa shape index (κ2) is 18.3. The van der Waals surface area contributed by atoms with Crippen molar-refractivity contribution < 1.29 is 26.2 Å². The summed E-state index contributed by atoms with van der Waals surface area (Å²) in [5.74, 6) is 0.836. The Labute approximate surface area is 409 Å². The molecule has 8 aromatic carbocycles. The van der Waals surface area contributed by atoms with Crippen molar-refractivity contribution >= 4 is 11.0 Å². The average Bonchev–Trinajstić information content (AvgIpc) is 3.73. The second-order valence-corrected chi connectivity index (χ2v) is 19.2. The van der Waals surface area contributed by atoms with E-state index in [9.17, 15) is 5.11 Å². The zero-order valence-corrected chi connectivity index (χ0v) is 40.9. The van der Waals surface area contributed by atoms with Crippen molar-refractivity contribution in [2.24, 2.45) is 0 Å². The van der Waals surface area contributed by atoms with Crippen LogP contribution >= 0.6 is 0 Å². The second-order valence-electron chi connectivity index (χ2n) is 19.2. The number of rotatable bonds is 8. The molecule has 10 aromatic rings. The molecule has 0 amide bonds. The summed E-state index contributed by atoms with van der Waals surface area (Å²) in [6.45, 7) is 13.3. The minimum absolute atomic E-state index is 0. The van der Waals surface area contributed by atoms with Gasteiger partial charge in [-0.1, -0.05) is 204 Å². The average molecular weight is 1050 g/mol. The van der Waals surface area contributed by atoms with Crippen LogP contribution in [0, 0.1) is 6.07 Å². The molecule has 67 heavy (non-hydrogen) atoms. The van der Waals surface area contributed by atoms with Crippen LogP contribution in [0.15, 0.2) is 200 Å². The van der Waals surface area contributed by atoms with Crippen LogP contribution in [0.1, 0.15) is 52.7 Å². The molecule has 0 fully saturated rings. The first-order valence-electron chi connectivity index (χ1n) is 22.7. The number of benzene rings is 8. The molecule has 0 spiro atoms. The summed E-state index contributed by atoms with van der Waals surface area (Å²) < 4.78 is 2.24. The van der Waals surface area contributed by atoms with E-state index >= 15 is 0 Å². The van der Waals surface area contributed by atoms with E-state index in [2.05, 4.69) is 222 Å². The maximum absolute atomic E-state index is 11.8. The fourth-order valence-electron chi connectivity index (χ4n) is 8.86. The first kappa shape index (κ1) is 45.0. The number of aromatic hydroxyl groups is 1. The maximum atomic E-state index is 11.8. The van der Waals surface area contributed by atoms with Crippen molar-refractivity contribution in [3.05, 3.63) is 218 Å². The molecule has 2 aromatic heterocycles. The van der Waals surface area contributed by atoms with E-state index in [0.29, 0.717) is 11.4 Å². The van der Waals surface area contributed by atoms with E-state index in [1.165, 1.54) is 16.7 Å². The summed E-state index contributed by atoms with van der Waals surface area (Å²) in [7, 11) is 0. The molecular formula is C62H52N3OPt-. The van der Waals surface area contributed by atoms with Gasteiger partial charge in [0.1, 0.15) is 11.6 Å². The third-order valence-electron chi connectivity index (χ3n) is 12.6. The van der Waals surface area contributed by atoms with E-state index in [-0.39, 0.29) is 37.6 Å². The molecular weight excluding hydrogens is 998 g/mol. The maximum Gasteiger partial charge on any atom is 0.148 e. The van der Waals surface area contributed by atoms with E-state index in [1.807, 2.05) is 30.5 Å². The molecule has 0 saturated carbocycles. The first-order chi connectivity index (χ1) is 31.9. The Morgan fingerprint density at radius 3 is 1.61 bits per heavy atom. The van der Waals surface area contributed by atoms with Gasteiger partial charge in [0.05, 0.1) is 22.3 Å². The molecule has 332 valence electrons. The Morgan fingerprint density at radius 2 is 0.985 bits per heavy atom. The molecule has 0 aliphatic heterocycles. The number of hydrogen-bond donors (Lipinski definition) is 1. The molecule has 0 saturated heterocycles. The van der Waals surface area contributed by atoms with Gasteiger partial charge in [0, 0.05) is 38.5 Å². The van der Waals surface area contributed by atoms with Gasteiger partial charge in [-0.05, 0) is 91.7 Å². The molecule has 0 atom stereocenters. The molecule has 4 nitrogen and oxygen atoms in total. The van der Waals surface area contributed by atoms with Gasteiger partial charge in [-0.3, -0.25) is 9.55 Å². The predicted octanol–water partition coefficient (Wildman–Crippen LogP) is 16.2. The van der Waals surface area contributed by atoms with Gasteiger partial charge in [0.25, 0.3) is 0 Å². The number of aromatic nitrogens is 3. The van der Waals surface area contributed by atoms with Gasteiger partial charge >= 0.3 is 0 Å². The molecule has 0 radical (unpaired) electrons. The minimum Gasteiger partial charge on any atom is -0.507 e. The van der Waals surface area contributed by atoms with Gasteiger partial charge in [0.15, 0.2) is 0 Å². The Bertz CT molecular complexity index is 3360. The number of phenolic OH excluding ortho intramolecular Hbond substituents is 1. The van der Waals surface area contributed by atoms with Crippen LogP contribution in [0.5, 0.6) is 5.75 Å². The molecule has 5 heteroatoms. The molecule has 2 heterocycles. The number of pyridine rings is 1. The fraction of sp³-hybridized carbons (Fsp3) is 0.129. The zero-order valence-electron chi connectivity index (χ0n) is 38.7. The van der Waals surface area contributed by atoms with Gasteiger partial charge in [-0.25, -0.2) is 4.98 Å².